The van der Waals surface area contributed by atoms with Crippen molar-refractivity contribution in [2.24, 2.45) is 7.05 Å². The summed E-state index contributed by atoms with van der Waals surface area (Å²) in [5.74, 6) is -0.108. The monoisotopic (exact) mass is 382 g/mol. The molecule has 0 amide bonds. The predicted molar refractivity (Wildman–Crippen MR) is 96.6 cm³/mol. The summed E-state index contributed by atoms with van der Waals surface area (Å²) in [6.07, 6.45) is 3.46. The molecule has 1 aliphatic heterocycles. The lowest BCUT2D eigenvalue weighted by molar-refractivity contribution is 0.289. The molecular formula is C18H19FN8O. The quantitative estimate of drug-likeness (QED) is 0.714. The highest BCUT2D eigenvalue weighted by Crippen LogP contribution is 2.26. The predicted octanol–water partition coefficient (Wildman–Crippen LogP) is 1.59. The first-order valence-corrected chi connectivity index (χ1v) is 8.99. The van der Waals surface area contributed by atoms with Gasteiger partial charge >= 0.3 is 0 Å². The lowest BCUT2D eigenvalue weighted by atomic mass is 10.1. The second-order valence-corrected chi connectivity index (χ2v) is 6.59. The summed E-state index contributed by atoms with van der Waals surface area (Å²) < 4.78 is 21.8. The van der Waals surface area contributed by atoms with Crippen molar-refractivity contribution in [1.82, 2.24) is 35.3 Å². The standard InChI is InChI=1S/C18H19FN8O/c1-26-24-18(23-25-26)12-2-3-17(15(19)8-12)28-11-13-10-22-27(16(13)9-20)14-4-6-21-7-5-14/h2-3,8,10,14,21H,4-7,11H2,1H3. The SMILES string of the molecule is Cn1nnc(-c2ccc(OCc3cnn(C4CCNCC4)c3C#N)c(F)c2)n1. The summed E-state index contributed by atoms with van der Waals surface area (Å²) >= 11 is 0. The van der Waals surface area contributed by atoms with Crippen molar-refractivity contribution < 1.29 is 9.13 Å². The number of hydrogen-bond donors (Lipinski definition) is 1. The normalized spacial score (nSPS) is 14.8. The zero-order chi connectivity index (χ0) is 19.5. The number of benzene rings is 1. The number of tetrazole rings is 1. The van der Waals surface area contributed by atoms with Gasteiger partial charge in [0.05, 0.1) is 19.3 Å². The Hall–Kier alpha value is -3.32. The molecule has 1 saturated heterocycles. The molecule has 1 fully saturated rings. The number of hydrogen-bond acceptors (Lipinski definition) is 7. The third-order valence-corrected chi connectivity index (χ3v) is 4.71. The van der Waals surface area contributed by atoms with Gasteiger partial charge in [-0.15, -0.1) is 10.2 Å². The van der Waals surface area contributed by atoms with Crippen LogP contribution in [0.15, 0.2) is 24.4 Å². The Morgan fingerprint density at radius 2 is 2.18 bits per heavy atom. The molecule has 144 valence electrons. The minimum absolute atomic E-state index is 0.0630. The van der Waals surface area contributed by atoms with Gasteiger partial charge in [0.25, 0.3) is 0 Å². The van der Waals surface area contributed by atoms with Crippen LogP contribution in [0.25, 0.3) is 11.4 Å². The maximum atomic E-state index is 14.4. The molecule has 0 bridgehead atoms. The number of piperidine rings is 1. The molecule has 9 nitrogen and oxygen atoms in total. The van der Waals surface area contributed by atoms with E-state index in [-0.39, 0.29) is 18.4 Å². The molecular weight excluding hydrogens is 363 g/mol. The largest absolute Gasteiger partial charge is 0.486 e. The number of nitrogens with one attached hydrogen (secondary N) is 1. The summed E-state index contributed by atoms with van der Waals surface area (Å²) in [4.78, 5) is 1.31. The minimum Gasteiger partial charge on any atom is -0.486 e. The molecule has 1 N–H and O–H groups in total. The van der Waals surface area contributed by atoms with Crippen molar-refractivity contribution in [2.45, 2.75) is 25.5 Å². The molecule has 0 atom stereocenters. The van der Waals surface area contributed by atoms with Crippen molar-refractivity contribution in [3.8, 4) is 23.2 Å². The average molecular weight is 382 g/mol. The first-order chi connectivity index (χ1) is 13.7. The zero-order valence-corrected chi connectivity index (χ0v) is 15.3. The minimum atomic E-state index is -0.533. The Bertz CT molecular complexity index is 1020. The molecule has 0 spiro atoms. The van der Waals surface area contributed by atoms with Crippen molar-refractivity contribution >= 4 is 0 Å². The van der Waals surface area contributed by atoms with E-state index in [1.54, 1.807) is 24.0 Å². The number of aryl methyl sites for hydroxylation is 1. The molecule has 1 aromatic carbocycles. The van der Waals surface area contributed by atoms with Crippen LogP contribution in [0, 0.1) is 17.1 Å². The molecule has 0 aliphatic carbocycles. The molecule has 28 heavy (non-hydrogen) atoms. The maximum absolute atomic E-state index is 14.4. The molecule has 1 aliphatic rings. The van der Waals surface area contributed by atoms with Crippen LogP contribution in [0.4, 0.5) is 4.39 Å². The molecule has 0 saturated carbocycles. The van der Waals surface area contributed by atoms with Gasteiger partial charge in [-0.1, -0.05) is 0 Å². The van der Waals surface area contributed by atoms with Crippen molar-refractivity contribution in [3.63, 3.8) is 0 Å². The number of halogens is 1. The van der Waals surface area contributed by atoms with Gasteiger partial charge in [-0.05, 0) is 49.3 Å². The Kier molecular flexibility index (Phi) is 4.99. The molecule has 0 radical (unpaired) electrons. The van der Waals surface area contributed by atoms with Crippen LogP contribution in [0.3, 0.4) is 0 Å². The lowest BCUT2D eigenvalue weighted by Crippen LogP contribution is -2.30. The molecule has 10 heteroatoms. The van der Waals surface area contributed by atoms with E-state index in [4.69, 9.17) is 4.74 Å². The number of nitriles is 1. The van der Waals surface area contributed by atoms with E-state index in [0.29, 0.717) is 22.6 Å². The van der Waals surface area contributed by atoms with Crippen molar-refractivity contribution in [2.75, 3.05) is 13.1 Å². The molecule has 2 aromatic heterocycles. The lowest BCUT2D eigenvalue weighted by Gasteiger charge is -2.23. The van der Waals surface area contributed by atoms with Crippen LogP contribution in [0.5, 0.6) is 5.75 Å². The van der Waals surface area contributed by atoms with Gasteiger partial charge in [0.1, 0.15) is 18.4 Å². The highest BCUT2D eigenvalue weighted by atomic mass is 19.1. The van der Waals surface area contributed by atoms with Gasteiger partial charge in [0.15, 0.2) is 11.6 Å². The Morgan fingerprint density at radius 1 is 1.36 bits per heavy atom. The number of rotatable bonds is 5. The average Bonchev–Trinajstić information content (AvgIpc) is 3.33. The Labute approximate surface area is 160 Å². The highest BCUT2D eigenvalue weighted by molar-refractivity contribution is 5.55. The molecule has 0 unspecified atom stereocenters. The van der Waals surface area contributed by atoms with Gasteiger partial charge < -0.3 is 10.1 Å². The summed E-state index contributed by atoms with van der Waals surface area (Å²) in [5, 5.41) is 28.9. The van der Waals surface area contributed by atoms with E-state index < -0.39 is 5.82 Å². The van der Waals surface area contributed by atoms with Crippen LogP contribution in [0.2, 0.25) is 0 Å². The van der Waals surface area contributed by atoms with Crippen LogP contribution in [0.1, 0.15) is 30.1 Å². The van der Waals surface area contributed by atoms with E-state index >= 15 is 0 Å². The molecule has 4 rings (SSSR count). The van der Waals surface area contributed by atoms with Crippen molar-refractivity contribution in [1.29, 1.82) is 5.26 Å². The zero-order valence-electron chi connectivity index (χ0n) is 15.3. The summed E-state index contributed by atoms with van der Waals surface area (Å²) in [6.45, 7) is 1.87. The van der Waals surface area contributed by atoms with Gasteiger partial charge in [0.2, 0.25) is 5.82 Å². The third-order valence-electron chi connectivity index (χ3n) is 4.71. The first kappa shape index (κ1) is 18.1. The highest BCUT2D eigenvalue weighted by Gasteiger charge is 2.21. The van der Waals surface area contributed by atoms with E-state index in [0.717, 1.165) is 25.9 Å². The second kappa shape index (κ2) is 7.74. The summed E-state index contributed by atoms with van der Waals surface area (Å²) in [7, 11) is 1.64. The second-order valence-electron chi connectivity index (χ2n) is 6.59. The van der Waals surface area contributed by atoms with Gasteiger partial charge in [-0.3, -0.25) is 4.68 Å². The van der Waals surface area contributed by atoms with Crippen molar-refractivity contribution in [3.05, 3.63) is 41.5 Å². The van der Waals surface area contributed by atoms with E-state index in [1.807, 2.05) is 0 Å². The first-order valence-electron chi connectivity index (χ1n) is 8.99. The number of aromatic nitrogens is 6. The Balaban J connectivity index is 1.49. The van der Waals surface area contributed by atoms with Crippen LogP contribution in [-0.4, -0.2) is 43.1 Å². The van der Waals surface area contributed by atoms with Gasteiger partial charge in [-0.2, -0.15) is 15.2 Å². The maximum Gasteiger partial charge on any atom is 0.205 e. The van der Waals surface area contributed by atoms with E-state index in [1.165, 1.54) is 16.9 Å². The summed E-state index contributed by atoms with van der Waals surface area (Å²) in [5.41, 5.74) is 1.61. The van der Waals surface area contributed by atoms with Crippen LogP contribution in [-0.2, 0) is 13.7 Å². The van der Waals surface area contributed by atoms with E-state index in [2.05, 4.69) is 31.9 Å². The van der Waals surface area contributed by atoms with E-state index in [9.17, 15) is 9.65 Å². The number of nitrogens with zero attached hydrogens (tertiary/aromatic N) is 7. The fraction of sp³-hybridized carbons (Fsp3) is 0.389. The fourth-order valence-electron chi connectivity index (χ4n) is 3.27. The topological polar surface area (TPSA) is 106 Å². The van der Waals surface area contributed by atoms with Crippen LogP contribution < -0.4 is 10.1 Å². The Morgan fingerprint density at radius 3 is 2.86 bits per heavy atom. The van der Waals surface area contributed by atoms with Crippen LogP contribution >= 0.6 is 0 Å². The third kappa shape index (κ3) is 3.57. The molecule has 3 heterocycles. The molecule has 3 aromatic rings. The van der Waals surface area contributed by atoms with Gasteiger partial charge in [-0.25, -0.2) is 4.39 Å². The number of ether oxygens (including phenoxy) is 1. The fourth-order valence-corrected chi connectivity index (χ4v) is 3.27. The van der Waals surface area contributed by atoms with Gasteiger partial charge in [0, 0.05) is 11.1 Å². The summed E-state index contributed by atoms with van der Waals surface area (Å²) in [6, 6.07) is 6.89. The smallest absolute Gasteiger partial charge is 0.205 e.